The molecule has 5 nitrogen and oxygen atoms in total. The predicted octanol–water partition coefficient (Wildman–Crippen LogP) is 1.56. The normalized spacial score (nSPS) is 12.9. The molecule has 1 aliphatic rings. The highest BCUT2D eigenvalue weighted by atomic mass is 16.7. The molecule has 0 radical (unpaired) electrons. The Labute approximate surface area is 113 Å². The van der Waals surface area contributed by atoms with Crippen molar-refractivity contribution in [1.29, 1.82) is 0 Å². The van der Waals surface area contributed by atoms with Crippen molar-refractivity contribution >= 4 is 0 Å². The van der Waals surface area contributed by atoms with E-state index < -0.39 is 0 Å². The summed E-state index contributed by atoms with van der Waals surface area (Å²) in [6.07, 6.45) is 0.994. The van der Waals surface area contributed by atoms with E-state index in [4.69, 9.17) is 18.9 Å². The molecular weight excluding hydrogens is 246 g/mol. The fourth-order valence-corrected chi connectivity index (χ4v) is 1.83. The van der Waals surface area contributed by atoms with Crippen LogP contribution in [-0.2, 0) is 16.0 Å². The van der Waals surface area contributed by atoms with Crippen molar-refractivity contribution < 1.29 is 18.9 Å². The molecule has 1 heterocycles. The Balaban J connectivity index is 1.56. The van der Waals surface area contributed by atoms with Gasteiger partial charge in [0.2, 0.25) is 6.79 Å². The van der Waals surface area contributed by atoms with Crippen LogP contribution in [0.25, 0.3) is 0 Å². The molecule has 0 aliphatic carbocycles. The number of hydrogen-bond acceptors (Lipinski definition) is 5. The lowest BCUT2D eigenvalue weighted by Crippen LogP contribution is -2.16. The summed E-state index contributed by atoms with van der Waals surface area (Å²) >= 11 is 0. The van der Waals surface area contributed by atoms with Crippen molar-refractivity contribution in [2.75, 3.05) is 40.3 Å². The Kier molecular flexibility index (Phi) is 5.94. The summed E-state index contributed by atoms with van der Waals surface area (Å²) in [7, 11) is 1.68. The van der Waals surface area contributed by atoms with Crippen molar-refractivity contribution in [1.82, 2.24) is 5.32 Å². The molecule has 1 aromatic rings. The van der Waals surface area contributed by atoms with Crippen LogP contribution in [0.1, 0.15) is 12.0 Å². The van der Waals surface area contributed by atoms with E-state index in [0.29, 0.717) is 20.0 Å². The van der Waals surface area contributed by atoms with Gasteiger partial charge in [-0.1, -0.05) is 6.07 Å². The number of ether oxygens (including phenoxy) is 4. The lowest BCUT2D eigenvalue weighted by molar-refractivity contribution is 0.0695. The first-order chi connectivity index (χ1) is 9.40. The van der Waals surface area contributed by atoms with Crippen molar-refractivity contribution in [3.63, 3.8) is 0 Å². The minimum Gasteiger partial charge on any atom is -0.454 e. The van der Waals surface area contributed by atoms with Crippen LogP contribution >= 0.6 is 0 Å². The highest BCUT2D eigenvalue weighted by molar-refractivity contribution is 5.44. The Morgan fingerprint density at radius 3 is 2.95 bits per heavy atom. The molecule has 0 saturated heterocycles. The van der Waals surface area contributed by atoms with Crippen molar-refractivity contribution in [2.45, 2.75) is 13.0 Å². The second-order valence-corrected chi connectivity index (χ2v) is 4.32. The third kappa shape index (κ3) is 4.70. The minimum atomic E-state index is 0.324. The summed E-state index contributed by atoms with van der Waals surface area (Å²) in [6.45, 7) is 4.17. The first-order valence-corrected chi connectivity index (χ1v) is 6.56. The molecule has 0 saturated carbocycles. The number of nitrogens with one attached hydrogen (secondary N) is 1. The average Bonchev–Trinajstić information content (AvgIpc) is 2.89. The van der Waals surface area contributed by atoms with E-state index in [-0.39, 0.29) is 0 Å². The van der Waals surface area contributed by atoms with Gasteiger partial charge in [-0.05, 0) is 30.7 Å². The van der Waals surface area contributed by atoms with E-state index in [9.17, 15) is 0 Å². The molecule has 19 heavy (non-hydrogen) atoms. The number of rotatable bonds is 9. The number of benzene rings is 1. The SMILES string of the molecule is COCCOCCCNCc1ccc2c(c1)OCO2. The maximum atomic E-state index is 5.39. The van der Waals surface area contributed by atoms with Crippen LogP contribution < -0.4 is 14.8 Å². The first-order valence-electron chi connectivity index (χ1n) is 6.56. The molecule has 0 spiro atoms. The Hall–Kier alpha value is -1.30. The topological polar surface area (TPSA) is 49.0 Å². The Morgan fingerprint density at radius 1 is 1.16 bits per heavy atom. The fraction of sp³-hybridized carbons (Fsp3) is 0.571. The van der Waals surface area contributed by atoms with Gasteiger partial charge >= 0.3 is 0 Å². The van der Waals surface area contributed by atoms with Gasteiger partial charge in [0.1, 0.15) is 0 Å². The first kappa shape index (κ1) is 14.1. The number of fused-ring (bicyclic) bond motifs is 1. The monoisotopic (exact) mass is 267 g/mol. The van der Waals surface area contributed by atoms with E-state index in [1.165, 1.54) is 5.56 Å². The van der Waals surface area contributed by atoms with E-state index in [0.717, 1.165) is 37.6 Å². The maximum absolute atomic E-state index is 5.39. The number of hydrogen-bond donors (Lipinski definition) is 1. The summed E-state index contributed by atoms with van der Waals surface area (Å²) in [5.74, 6) is 1.66. The molecular formula is C14H21NO4. The highest BCUT2D eigenvalue weighted by Crippen LogP contribution is 2.32. The summed E-state index contributed by atoms with van der Waals surface area (Å²) in [6, 6.07) is 6.02. The van der Waals surface area contributed by atoms with Gasteiger partial charge < -0.3 is 24.3 Å². The molecule has 0 unspecified atom stereocenters. The van der Waals surface area contributed by atoms with Gasteiger partial charge in [-0.25, -0.2) is 0 Å². The molecule has 0 amide bonds. The minimum absolute atomic E-state index is 0.324. The smallest absolute Gasteiger partial charge is 0.231 e. The van der Waals surface area contributed by atoms with Crippen LogP contribution in [0, 0.1) is 0 Å². The summed E-state index contributed by atoms with van der Waals surface area (Å²) in [5.41, 5.74) is 1.20. The van der Waals surface area contributed by atoms with Crippen LogP contribution in [0.5, 0.6) is 11.5 Å². The molecule has 0 fully saturated rings. The van der Waals surface area contributed by atoms with Crippen LogP contribution in [0.15, 0.2) is 18.2 Å². The summed E-state index contributed by atoms with van der Waals surface area (Å²) < 4.78 is 20.9. The molecule has 0 atom stereocenters. The molecule has 1 aliphatic heterocycles. The van der Waals surface area contributed by atoms with Crippen molar-refractivity contribution in [3.8, 4) is 11.5 Å². The molecule has 1 N–H and O–H groups in total. The standard InChI is InChI=1S/C14H21NO4/c1-16-7-8-17-6-2-5-15-10-12-3-4-13-14(9-12)19-11-18-13/h3-4,9,15H,2,5-8,10-11H2,1H3. The van der Waals surface area contributed by atoms with Crippen molar-refractivity contribution in [2.24, 2.45) is 0 Å². The largest absolute Gasteiger partial charge is 0.454 e. The second kappa shape index (κ2) is 7.99. The van der Waals surface area contributed by atoms with E-state index in [1.807, 2.05) is 12.1 Å². The van der Waals surface area contributed by atoms with E-state index in [2.05, 4.69) is 11.4 Å². The zero-order valence-corrected chi connectivity index (χ0v) is 11.3. The summed E-state index contributed by atoms with van der Waals surface area (Å²) in [4.78, 5) is 0. The fourth-order valence-electron chi connectivity index (χ4n) is 1.83. The van der Waals surface area contributed by atoms with Gasteiger partial charge in [0.05, 0.1) is 13.2 Å². The predicted molar refractivity (Wildman–Crippen MR) is 71.6 cm³/mol. The summed E-state index contributed by atoms with van der Waals surface area (Å²) in [5, 5.41) is 3.38. The van der Waals surface area contributed by atoms with Crippen LogP contribution in [0.3, 0.4) is 0 Å². The van der Waals surface area contributed by atoms with Gasteiger partial charge in [0.15, 0.2) is 11.5 Å². The molecule has 5 heteroatoms. The molecule has 106 valence electrons. The molecule has 1 aromatic carbocycles. The van der Waals surface area contributed by atoms with Crippen LogP contribution in [-0.4, -0.2) is 40.3 Å². The van der Waals surface area contributed by atoms with Crippen molar-refractivity contribution in [3.05, 3.63) is 23.8 Å². The molecule has 0 aromatic heterocycles. The highest BCUT2D eigenvalue weighted by Gasteiger charge is 2.12. The zero-order valence-electron chi connectivity index (χ0n) is 11.3. The lowest BCUT2D eigenvalue weighted by Gasteiger charge is -2.06. The molecule has 2 rings (SSSR count). The quantitative estimate of drug-likeness (QED) is 0.688. The Morgan fingerprint density at radius 2 is 2.05 bits per heavy atom. The van der Waals surface area contributed by atoms with Crippen LogP contribution in [0.2, 0.25) is 0 Å². The number of methoxy groups -OCH3 is 1. The molecule has 0 bridgehead atoms. The van der Waals surface area contributed by atoms with Gasteiger partial charge in [0.25, 0.3) is 0 Å². The van der Waals surface area contributed by atoms with Gasteiger partial charge in [-0.2, -0.15) is 0 Å². The van der Waals surface area contributed by atoms with Gasteiger partial charge in [-0.3, -0.25) is 0 Å². The third-order valence-electron chi connectivity index (χ3n) is 2.84. The van der Waals surface area contributed by atoms with Crippen LogP contribution in [0.4, 0.5) is 0 Å². The second-order valence-electron chi connectivity index (χ2n) is 4.32. The average molecular weight is 267 g/mol. The van der Waals surface area contributed by atoms with Gasteiger partial charge in [0, 0.05) is 20.3 Å². The maximum Gasteiger partial charge on any atom is 0.231 e. The van der Waals surface area contributed by atoms with E-state index in [1.54, 1.807) is 7.11 Å². The third-order valence-corrected chi connectivity index (χ3v) is 2.84. The lowest BCUT2D eigenvalue weighted by atomic mass is 10.2. The zero-order chi connectivity index (χ0) is 13.3. The van der Waals surface area contributed by atoms with E-state index >= 15 is 0 Å². The van der Waals surface area contributed by atoms with Gasteiger partial charge in [-0.15, -0.1) is 0 Å². The Bertz CT molecular complexity index is 384.